The van der Waals surface area contributed by atoms with Crippen LogP contribution in [0.5, 0.6) is 0 Å². The number of carboxylic acids is 1. The van der Waals surface area contributed by atoms with E-state index in [1.54, 1.807) is 17.0 Å². The van der Waals surface area contributed by atoms with Gasteiger partial charge < -0.3 is 20.1 Å². The zero-order chi connectivity index (χ0) is 18.6. The summed E-state index contributed by atoms with van der Waals surface area (Å²) in [4.78, 5) is 37.0. The molecule has 1 aliphatic heterocycles. The molecule has 0 aliphatic carbocycles. The monoisotopic (exact) mass is 348 g/mol. The SMILES string of the molecule is COC(=O)[C@H]1CCN(C(=O)NCc2ccc(C(=O)O)cc2)[C@H]1C(C)C. The second kappa shape index (κ2) is 8.00. The first-order valence-electron chi connectivity index (χ1n) is 8.29. The van der Waals surface area contributed by atoms with Crippen molar-refractivity contribution < 1.29 is 24.2 Å². The second-order valence-electron chi connectivity index (χ2n) is 6.51. The molecule has 1 saturated heterocycles. The second-order valence-corrected chi connectivity index (χ2v) is 6.51. The molecule has 136 valence electrons. The number of amides is 2. The fourth-order valence-corrected chi connectivity index (χ4v) is 3.33. The molecule has 7 heteroatoms. The number of aromatic carboxylic acids is 1. The maximum Gasteiger partial charge on any atom is 0.335 e. The first-order chi connectivity index (χ1) is 11.8. The minimum atomic E-state index is -0.985. The van der Waals surface area contributed by atoms with Crippen molar-refractivity contribution in [3.63, 3.8) is 0 Å². The lowest BCUT2D eigenvalue weighted by atomic mass is 9.91. The molecular weight excluding hydrogens is 324 g/mol. The van der Waals surface area contributed by atoms with Gasteiger partial charge in [0, 0.05) is 19.1 Å². The number of benzene rings is 1. The number of carboxylic acid groups (broad SMARTS) is 1. The highest BCUT2D eigenvalue weighted by Gasteiger charge is 2.43. The van der Waals surface area contributed by atoms with E-state index in [1.807, 2.05) is 13.8 Å². The fraction of sp³-hybridized carbons (Fsp3) is 0.500. The zero-order valence-electron chi connectivity index (χ0n) is 14.7. The summed E-state index contributed by atoms with van der Waals surface area (Å²) >= 11 is 0. The first-order valence-corrected chi connectivity index (χ1v) is 8.29. The Morgan fingerprint density at radius 1 is 1.28 bits per heavy atom. The maximum atomic E-state index is 12.5. The smallest absolute Gasteiger partial charge is 0.335 e. The largest absolute Gasteiger partial charge is 0.478 e. The Morgan fingerprint density at radius 2 is 1.92 bits per heavy atom. The van der Waals surface area contributed by atoms with Crippen LogP contribution in [-0.4, -0.2) is 47.7 Å². The number of rotatable bonds is 5. The molecule has 2 N–H and O–H groups in total. The number of hydrogen-bond acceptors (Lipinski definition) is 4. The van der Waals surface area contributed by atoms with Gasteiger partial charge in [0.15, 0.2) is 0 Å². The molecule has 1 fully saturated rings. The number of carbonyl (C=O) groups is 3. The quantitative estimate of drug-likeness (QED) is 0.795. The minimum absolute atomic E-state index is 0.132. The molecule has 1 aromatic rings. The molecule has 0 aromatic heterocycles. The molecule has 2 atom stereocenters. The summed E-state index contributed by atoms with van der Waals surface area (Å²) in [6, 6.07) is 5.93. The van der Waals surface area contributed by atoms with Crippen LogP contribution in [0.15, 0.2) is 24.3 Å². The van der Waals surface area contributed by atoms with Crippen molar-refractivity contribution in [3.05, 3.63) is 35.4 Å². The number of nitrogens with one attached hydrogen (secondary N) is 1. The highest BCUT2D eigenvalue weighted by atomic mass is 16.5. The van der Waals surface area contributed by atoms with E-state index in [4.69, 9.17) is 9.84 Å². The van der Waals surface area contributed by atoms with Crippen molar-refractivity contribution in [1.82, 2.24) is 10.2 Å². The average molecular weight is 348 g/mol. The molecule has 25 heavy (non-hydrogen) atoms. The van der Waals surface area contributed by atoms with E-state index in [1.165, 1.54) is 19.2 Å². The van der Waals surface area contributed by atoms with Crippen LogP contribution >= 0.6 is 0 Å². The summed E-state index contributed by atoms with van der Waals surface area (Å²) in [6.45, 7) is 4.77. The zero-order valence-corrected chi connectivity index (χ0v) is 14.7. The van der Waals surface area contributed by atoms with Crippen molar-refractivity contribution >= 4 is 18.0 Å². The Bertz CT molecular complexity index is 641. The van der Waals surface area contributed by atoms with E-state index < -0.39 is 5.97 Å². The molecule has 1 aliphatic rings. The third kappa shape index (κ3) is 4.29. The van der Waals surface area contributed by atoms with Crippen LogP contribution in [0.3, 0.4) is 0 Å². The number of methoxy groups -OCH3 is 1. The van der Waals surface area contributed by atoms with Crippen molar-refractivity contribution in [2.45, 2.75) is 32.9 Å². The minimum Gasteiger partial charge on any atom is -0.478 e. The van der Waals surface area contributed by atoms with E-state index in [-0.39, 0.29) is 35.4 Å². The third-order valence-electron chi connectivity index (χ3n) is 4.55. The van der Waals surface area contributed by atoms with Crippen LogP contribution in [0.2, 0.25) is 0 Å². The van der Waals surface area contributed by atoms with Crippen molar-refractivity contribution in [1.29, 1.82) is 0 Å². The fourth-order valence-electron chi connectivity index (χ4n) is 3.33. The Balaban J connectivity index is 1.99. The van der Waals surface area contributed by atoms with Gasteiger partial charge >= 0.3 is 18.0 Å². The van der Waals surface area contributed by atoms with E-state index in [9.17, 15) is 14.4 Å². The van der Waals surface area contributed by atoms with Crippen molar-refractivity contribution in [3.8, 4) is 0 Å². The molecule has 7 nitrogen and oxygen atoms in total. The van der Waals surface area contributed by atoms with Gasteiger partial charge in [-0.3, -0.25) is 4.79 Å². The predicted octanol–water partition coefficient (Wildman–Crippen LogP) is 2.11. The number of ether oxygens (including phenoxy) is 1. The van der Waals surface area contributed by atoms with E-state index in [2.05, 4.69) is 5.32 Å². The van der Waals surface area contributed by atoms with Gasteiger partial charge in [-0.2, -0.15) is 0 Å². The lowest BCUT2D eigenvalue weighted by Gasteiger charge is -2.30. The topological polar surface area (TPSA) is 95.9 Å². The lowest BCUT2D eigenvalue weighted by Crippen LogP contribution is -2.47. The summed E-state index contributed by atoms with van der Waals surface area (Å²) < 4.78 is 4.86. The van der Waals surface area contributed by atoms with Crippen LogP contribution in [0.4, 0.5) is 4.79 Å². The van der Waals surface area contributed by atoms with Crippen LogP contribution in [0.1, 0.15) is 36.2 Å². The van der Waals surface area contributed by atoms with Gasteiger partial charge in [-0.1, -0.05) is 26.0 Å². The highest BCUT2D eigenvalue weighted by molar-refractivity contribution is 5.87. The number of nitrogens with zero attached hydrogens (tertiary/aromatic N) is 1. The summed E-state index contributed by atoms with van der Waals surface area (Å²) in [5, 5.41) is 11.7. The Morgan fingerprint density at radius 3 is 2.44 bits per heavy atom. The molecule has 2 rings (SSSR count). The van der Waals surface area contributed by atoms with Gasteiger partial charge in [0.05, 0.1) is 18.6 Å². The summed E-state index contributed by atoms with van der Waals surface area (Å²) in [5.41, 5.74) is 1.01. The molecule has 0 bridgehead atoms. The molecule has 0 spiro atoms. The summed E-state index contributed by atoms with van der Waals surface area (Å²) in [6.07, 6.45) is 0.594. The van der Waals surface area contributed by atoms with E-state index in [0.29, 0.717) is 19.5 Å². The number of carbonyl (C=O) groups excluding carboxylic acids is 2. The molecule has 0 unspecified atom stereocenters. The Labute approximate surface area is 147 Å². The van der Waals surface area contributed by atoms with E-state index in [0.717, 1.165) is 5.56 Å². The molecule has 1 heterocycles. The molecular formula is C18H24N2O5. The van der Waals surface area contributed by atoms with Crippen molar-refractivity contribution in [2.24, 2.45) is 11.8 Å². The Hall–Kier alpha value is -2.57. The highest BCUT2D eigenvalue weighted by Crippen LogP contribution is 2.30. The predicted molar refractivity (Wildman–Crippen MR) is 91.1 cm³/mol. The molecule has 2 amide bonds. The van der Waals surface area contributed by atoms with Crippen LogP contribution < -0.4 is 5.32 Å². The number of urea groups is 1. The molecule has 0 radical (unpaired) electrons. The van der Waals surface area contributed by atoms with Gasteiger partial charge in [0.25, 0.3) is 0 Å². The standard InChI is InChI=1S/C18H24N2O5/c1-11(2)15-14(17(23)25-3)8-9-20(15)18(24)19-10-12-4-6-13(7-5-12)16(21)22/h4-7,11,14-15H,8-10H2,1-3H3,(H,19,24)(H,21,22)/t14-,15-/m0/s1. The third-order valence-corrected chi connectivity index (χ3v) is 4.55. The first kappa shape index (κ1) is 18.8. The van der Waals surface area contributed by atoms with Gasteiger partial charge in [-0.05, 0) is 30.0 Å². The van der Waals surface area contributed by atoms with Gasteiger partial charge in [-0.25, -0.2) is 9.59 Å². The summed E-state index contributed by atoms with van der Waals surface area (Å²) in [5.74, 6) is -1.43. The average Bonchev–Trinajstić information content (AvgIpc) is 3.04. The van der Waals surface area contributed by atoms with Crippen LogP contribution in [-0.2, 0) is 16.1 Å². The van der Waals surface area contributed by atoms with Gasteiger partial charge in [-0.15, -0.1) is 0 Å². The van der Waals surface area contributed by atoms with E-state index >= 15 is 0 Å². The van der Waals surface area contributed by atoms with Gasteiger partial charge in [0.2, 0.25) is 0 Å². The summed E-state index contributed by atoms with van der Waals surface area (Å²) in [7, 11) is 1.36. The van der Waals surface area contributed by atoms with Gasteiger partial charge in [0.1, 0.15) is 0 Å². The van der Waals surface area contributed by atoms with Crippen LogP contribution in [0, 0.1) is 11.8 Å². The van der Waals surface area contributed by atoms with Crippen molar-refractivity contribution in [2.75, 3.05) is 13.7 Å². The Kier molecular flexibility index (Phi) is 6.01. The molecule has 0 saturated carbocycles. The number of likely N-dealkylation sites (tertiary alicyclic amines) is 1. The molecule has 1 aromatic carbocycles. The van der Waals surface area contributed by atoms with Crippen LogP contribution in [0.25, 0.3) is 0 Å². The number of hydrogen-bond donors (Lipinski definition) is 2. The maximum absolute atomic E-state index is 12.5. The normalized spacial score (nSPS) is 19.8. The number of esters is 1. The lowest BCUT2D eigenvalue weighted by molar-refractivity contribution is -0.146.